The standard InChI is InChI=1S/C14H24N2O2/c1-11-9-13(17)18-12(11)10-15-5-7-16(8-6-15)14(2,3)4/h5-10H2,1-4H3. The van der Waals surface area contributed by atoms with E-state index in [0.717, 1.165) is 44.1 Å². The molecule has 4 nitrogen and oxygen atoms in total. The molecule has 0 amide bonds. The number of cyclic esters (lactones) is 1. The van der Waals surface area contributed by atoms with Crippen molar-refractivity contribution in [3.05, 3.63) is 11.3 Å². The lowest BCUT2D eigenvalue weighted by Gasteiger charge is -2.42. The maximum Gasteiger partial charge on any atom is 0.315 e. The van der Waals surface area contributed by atoms with Gasteiger partial charge in [-0.05, 0) is 33.3 Å². The Morgan fingerprint density at radius 3 is 2.22 bits per heavy atom. The summed E-state index contributed by atoms with van der Waals surface area (Å²) in [5.74, 6) is 0.778. The fourth-order valence-corrected chi connectivity index (χ4v) is 2.52. The highest BCUT2D eigenvalue weighted by atomic mass is 16.5. The van der Waals surface area contributed by atoms with Crippen LogP contribution in [0.1, 0.15) is 34.1 Å². The van der Waals surface area contributed by atoms with Crippen molar-refractivity contribution in [3.63, 3.8) is 0 Å². The van der Waals surface area contributed by atoms with Gasteiger partial charge >= 0.3 is 5.97 Å². The molecule has 18 heavy (non-hydrogen) atoms. The van der Waals surface area contributed by atoms with Gasteiger partial charge in [0.05, 0.1) is 13.0 Å². The number of carbonyl (C=O) groups excluding carboxylic acids is 1. The molecular weight excluding hydrogens is 228 g/mol. The summed E-state index contributed by atoms with van der Waals surface area (Å²) in [6, 6.07) is 0. The largest absolute Gasteiger partial charge is 0.429 e. The number of rotatable bonds is 2. The van der Waals surface area contributed by atoms with Crippen LogP contribution in [0.3, 0.4) is 0 Å². The molecule has 4 heteroatoms. The molecule has 102 valence electrons. The maximum absolute atomic E-state index is 11.2. The average molecular weight is 252 g/mol. The quantitative estimate of drug-likeness (QED) is 0.699. The normalized spacial score (nSPS) is 23.7. The summed E-state index contributed by atoms with van der Waals surface area (Å²) >= 11 is 0. The second kappa shape index (κ2) is 5.02. The molecule has 0 unspecified atom stereocenters. The Balaban J connectivity index is 1.84. The Morgan fingerprint density at radius 2 is 1.78 bits per heavy atom. The molecule has 0 aliphatic carbocycles. The van der Waals surface area contributed by atoms with E-state index >= 15 is 0 Å². The lowest BCUT2D eigenvalue weighted by Crippen LogP contribution is -2.53. The van der Waals surface area contributed by atoms with Gasteiger partial charge in [-0.1, -0.05) is 0 Å². The monoisotopic (exact) mass is 252 g/mol. The van der Waals surface area contributed by atoms with E-state index in [4.69, 9.17) is 4.74 Å². The Hall–Kier alpha value is -0.870. The van der Waals surface area contributed by atoms with Gasteiger partial charge in [-0.2, -0.15) is 0 Å². The number of carbonyl (C=O) groups is 1. The Kier molecular flexibility index (Phi) is 3.78. The van der Waals surface area contributed by atoms with Crippen molar-refractivity contribution in [2.24, 2.45) is 0 Å². The second-order valence-electron chi connectivity index (χ2n) is 6.29. The molecule has 2 aliphatic rings. The third kappa shape index (κ3) is 3.12. The first-order valence-corrected chi connectivity index (χ1v) is 6.73. The minimum Gasteiger partial charge on any atom is -0.429 e. The van der Waals surface area contributed by atoms with E-state index in [0.29, 0.717) is 6.42 Å². The molecule has 0 saturated carbocycles. The van der Waals surface area contributed by atoms with E-state index in [1.807, 2.05) is 6.92 Å². The van der Waals surface area contributed by atoms with Crippen molar-refractivity contribution in [2.45, 2.75) is 39.7 Å². The molecule has 0 aromatic carbocycles. The third-order valence-electron chi connectivity index (χ3n) is 3.81. The predicted molar refractivity (Wildman–Crippen MR) is 71.2 cm³/mol. The number of piperazine rings is 1. The molecule has 0 atom stereocenters. The van der Waals surface area contributed by atoms with Gasteiger partial charge in [0.2, 0.25) is 0 Å². The van der Waals surface area contributed by atoms with Gasteiger partial charge in [0.25, 0.3) is 0 Å². The first kappa shape index (κ1) is 13.6. The van der Waals surface area contributed by atoms with Gasteiger partial charge in [-0.3, -0.25) is 14.6 Å². The summed E-state index contributed by atoms with van der Waals surface area (Å²) in [5, 5.41) is 0. The van der Waals surface area contributed by atoms with Crippen LogP contribution in [0.2, 0.25) is 0 Å². The fourth-order valence-electron chi connectivity index (χ4n) is 2.52. The van der Waals surface area contributed by atoms with Crippen LogP contribution in [0.5, 0.6) is 0 Å². The lowest BCUT2D eigenvalue weighted by molar-refractivity contribution is -0.136. The zero-order chi connectivity index (χ0) is 13.3. The number of nitrogens with zero attached hydrogens (tertiary/aromatic N) is 2. The summed E-state index contributed by atoms with van der Waals surface area (Å²) in [6.45, 7) is 13.8. The summed E-state index contributed by atoms with van der Waals surface area (Å²) in [5.41, 5.74) is 1.35. The molecule has 0 aromatic rings. The molecule has 0 radical (unpaired) electrons. The van der Waals surface area contributed by atoms with E-state index < -0.39 is 0 Å². The number of hydrogen-bond acceptors (Lipinski definition) is 4. The van der Waals surface area contributed by atoms with Crippen molar-refractivity contribution in [2.75, 3.05) is 32.7 Å². The van der Waals surface area contributed by atoms with Crippen LogP contribution in [0.15, 0.2) is 11.3 Å². The number of hydrogen-bond donors (Lipinski definition) is 0. The van der Waals surface area contributed by atoms with Crippen LogP contribution in [-0.2, 0) is 9.53 Å². The summed E-state index contributed by atoms with van der Waals surface area (Å²) in [4.78, 5) is 16.1. The molecule has 1 saturated heterocycles. The summed E-state index contributed by atoms with van der Waals surface area (Å²) < 4.78 is 5.26. The average Bonchev–Trinajstić information content (AvgIpc) is 2.57. The molecule has 1 fully saturated rings. The fraction of sp³-hybridized carbons (Fsp3) is 0.786. The van der Waals surface area contributed by atoms with Gasteiger partial charge in [-0.25, -0.2) is 0 Å². The molecule has 2 aliphatic heterocycles. The molecule has 0 spiro atoms. The van der Waals surface area contributed by atoms with Crippen LogP contribution >= 0.6 is 0 Å². The van der Waals surface area contributed by atoms with Crippen LogP contribution < -0.4 is 0 Å². The van der Waals surface area contributed by atoms with Crippen molar-refractivity contribution in [1.82, 2.24) is 9.80 Å². The number of ether oxygens (including phenoxy) is 1. The molecule has 0 aromatic heterocycles. The van der Waals surface area contributed by atoms with Crippen LogP contribution in [0.4, 0.5) is 0 Å². The van der Waals surface area contributed by atoms with E-state index in [2.05, 4.69) is 30.6 Å². The van der Waals surface area contributed by atoms with Crippen LogP contribution in [0.25, 0.3) is 0 Å². The van der Waals surface area contributed by atoms with Gasteiger partial charge in [0, 0.05) is 31.7 Å². The number of esters is 1. The van der Waals surface area contributed by atoms with Crippen molar-refractivity contribution < 1.29 is 9.53 Å². The Labute approximate surface area is 110 Å². The van der Waals surface area contributed by atoms with Crippen molar-refractivity contribution in [3.8, 4) is 0 Å². The lowest BCUT2D eigenvalue weighted by atomic mass is 10.0. The molecule has 0 bridgehead atoms. The maximum atomic E-state index is 11.2. The molecule has 2 rings (SSSR count). The minimum absolute atomic E-state index is 0.101. The predicted octanol–water partition coefficient (Wildman–Crippen LogP) is 1.62. The summed E-state index contributed by atoms with van der Waals surface area (Å²) in [6.07, 6.45) is 0.470. The second-order valence-corrected chi connectivity index (χ2v) is 6.29. The SMILES string of the molecule is CC1=C(CN2CCN(C(C)(C)C)CC2)OC(=O)C1. The van der Waals surface area contributed by atoms with E-state index in [9.17, 15) is 4.79 Å². The Bertz CT molecular complexity index is 360. The van der Waals surface area contributed by atoms with Crippen LogP contribution in [0, 0.1) is 0 Å². The first-order chi connectivity index (χ1) is 8.36. The van der Waals surface area contributed by atoms with E-state index in [-0.39, 0.29) is 11.5 Å². The van der Waals surface area contributed by atoms with E-state index in [1.165, 1.54) is 0 Å². The van der Waals surface area contributed by atoms with Gasteiger partial charge in [0.1, 0.15) is 5.76 Å². The minimum atomic E-state index is -0.101. The van der Waals surface area contributed by atoms with Gasteiger partial charge < -0.3 is 4.74 Å². The molecular formula is C14H24N2O2. The Morgan fingerprint density at radius 1 is 1.17 bits per heavy atom. The first-order valence-electron chi connectivity index (χ1n) is 6.73. The smallest absolute Gasteiger partial charge is 0.315 e. The molecule has 0 N–H and O–H groups in total. The zero-order valence-corrected chi connectivity index (χ0v) is 12.0. The van der Waals surface area contributed by atoms with Crippen LogP contribution in [-0.4, -0.2) is 54.0 Å². The topological polar surface area (TPSA) is 32.8 Å². The highest BCUT2D eigenvalue weighted by Crippen LogP contribution is 2.22. The van der Waals surface area contributed by atoms with E-state index in [1.54, 1.807) is 0 Å². The highest BCUT2D eigenvalue weighted by molar-refractivity contribution is 5.76. The molecule has 2 heterocycles. The summed E-state index contributed by atoms with van der Waals surface area (Å²) in [7, 11) is 0. The van der Waals surface area contributed by atoms with Crippen molar-refractivity contribution in [1.29, 1.82) is 0 Å². The third-order valence-corrected chi connectivity index (χ3v) is 3.81. The van der Waals surface area contributed by atoms with Crippen molar-refractivity contribution >= 4 is 5.97 Å². The van der Waals surface area contributed by atoms with Gasteiger partial charge in [-0.15, -0.1) is 0 Å². The highest BCUT2D eigenvalue weighted by Gasteiger charge is 2.28. The van der Waals surface area contributed by atoms with Gasteiger partial charge in [0.15, 0.2) is 0 Å². The zero-order valence-electron chi connectivity index (χ0n) is 12.0.